The summed E-state index contributed by atoms with van der Waals surface area (Å²) in [5, 5.41) is 3.32. The Balaban J connectivity index is 2.20. The molecule has 1 amide bonds. The molecule has 0 aromatic heterocycles. The average molecular weight is 291 g/mol. The predicted octanol–water partition coefficient (Wildman–Crippen LogP) is 3.23. The van der Waals surface area contributed by atoms with Gasteiger partial charge >= 0.3 is 0 Å². The van der Waals surface area contributed by atoms with Crippen molar-refractivity contribution in [3.8, 4) is 0 Å². The smallest absolute Gasteiger partial charge is 0.255 e. The number of carbonyl (C=O) groups excluding carboxylic acids is 1. The molecule has 3 nitrogen and oxygen atoms in total. The molecule has 0 heterocycles. The lowest BCUT2D eigenvalue weighted by Gasteiger charge is -2.06. The van der Waals surface area contributed by atoms with Crippen molar-refractivity contribution >= 4 is 40.4 Å². The van der Waals surface area contributed by atoms with Crippen LogP contribution in [0.15, 0.2) is 48.5 Å². The molecule has 0 spiro atoms. The van der Waals surface area contributed by atoms with Gasteiger partial charge in [-0.15, -0.1) is 0 Å². The highest BCUT2D eigenvalue weighted by molar-refractivity contribution is 7.80. The first kappa shape index (κ1) is 13.5. The topological polar surface area (TPSA) is 55.1 Å². The van der Waals surface area contributed by atoms with Crippen molar-refractivity contribution in [3.63, 3.8) is 0 Å². The van der Waals surface area contributed by atoms with Gasteiger partial charge in [-0.2, -0.15) is 0 Å². The van der Waals surface area contributed by atoms with E-state index < -0.39 is 0 Å². The Morgan fingerprint density at radius 2 is 1.79 bits per heavy atom. The van der Waals surface area contributed by atoms with Gasteiger partial charge in [0.05, 0.1) is 0 Å². The van der Waals surface area contributed by atoms with E-state index in [9.17, 15) is 4.79 Å². The van der Waals surface area contributed by atoms with E-state index in [2.05, 4.69) is 5.32 Å². The highest BCUT2D eigenvalue weighted by atomic mass is 35.5. The lowest BCUT2D eigenvalue weighted by atomic mass is 10.1. The maximum absolute atomic E-state index is 12.1. The van der Waals surface area contributed by atoms with Crippen LogP contribution in [0, 0.1) is 0 Å². The Kier molecular flexibility index (Phi) is 4.14. The maximum atomic E-state index is 12.1. The summed E-state index contributed by atoms with van der Waals surface area (Å²) in [7, 11) is 0. The molecule has 0 fully saturated rings. The average Bonchev–Trinajstić information content (AvgIpc) is 2.39. The fourth-order valence-corrected chi connectivity index (χ4v) is 1.90. The van der Waals surface area contributed by atoms with Crippen LogP contribution < -0.4 is 11.1 Å². The summed E-state index contributed by atoms with van der Waals surface area (Å²) in [5.74, 6) is -0.236. The molecule has 0 bridgehead atoms. The summed E-state index contributed by atoms with van der Waals surface area (Å²) >= 11 is 10.7. The van der Waals surface area contributed by atoms with Crippen LogP contribution in [-0.4, -0.2) is 10.9 Å². The fourth-order valence-electron chi connectivity index (χ4n) is 1.58. The van der Waals surface area contributed by atoms with Crippen LogP contribution in [0.2, 0.25) is 5.02 Å². The van der Waals surface area contributed by atoms with Crippen molar-refractivity contribution in [2.45, 2.75) is 0 Å². The van der Waals surface area contributed by atoms with Crippen LogP contribution >= 0.6 is 23.8 Å². The number of halogens is 1. The summed E-state index contributed by atoms with van der Waals surface area (Å²) in [4.78, 5) is 12.3. The molecule has 0 aliphatic carbocycles. The Bertz CT molecular complexity index is 643. The molecule has 0 unspecified atom stereocenters. The molecule has 0 radical (unpaired) electrons. The van der Waals surface area contributed by atoms with E-state index in [1.165, 1.54) is 0 Å². The van der Waals surface area contributed by atoms with Crippen LogP contribution in [0.25, 0.3) is 0 Å². The number of benzene rings is 2. The Hall–Kier alpha value is -1.91. The zero-order valence-electron chi connectivity index (χ0n) is 9.89. The van der Waals surface area contributed by atoms with Gasteiger partial charge in [-0.05, 0) is 30.3 Å². The van der Waals surface area contributed by atoms with Crippen molar-refractivity contribution in [2.75, 3.05) is 5.32 Å². The monoisotopic (exact) mass is 290 g/mol. The summed E-state index contributed by atoms with van der Waals surface area (Å²) in [6.45, 7) is 0. The lowest BCUT2D eigenvalue weighted by Crippen LogP contribution is -2.14. The van der Waals surface area contributed by atoms with Gasteiger partial charge in [0.25, 0.3) is 5.91 Å². The highest BCUT2D eigenvalue weighted by Gasteiger charge is 2.07. The molecule has 96 valence electrons. The van der Waals surface area contributed by atoms with Gasteiger partial charge in [0.2, 0.25) is 0 Å². The van der Waals surface area contributed by atoms with E-state index in [1.807, 2.05) is 0 Å². The SMILES string of the molecule is NC(=S)c1cccc(C(=O)Nc2cccc(Cl)c2)c1. The third-order valence-electron chi connectivity index (χ3n) is 2.49. The van der Waals surface area contributed by atoms with Crippen LogP contribution in [0.3, 0.4) is 0 Å². The third-order valence-corrected chi connectivity index (χ3v) is 2.96. The maximum Gasteiger partial charge on any atom is 0.255 e. The van der Waals surface area contributed by atoms with Gasteiger partial charge in [-0.1, -0.05) is 42.0 Å². The van der Waals surface area contributed by atoms with Crippen LogP contribution in [0.5, 0.6) is 0 Å². The van der Waals surface area contributed by atoms with E-state index >= 15 is 0 Å². The second-order valence-electron chi connectivity index (χ2n) is 3.91. The van der Waals surface area contributed by atoms with E-state index in [0.717, 1.165) is 0 Å². The van der Waals surface area contributed by atoms with Crippen molar-refractivity contribution in [1.82, 2.24) is 0 Å². The van der Waals surface area contributed by atoms with E-state index in [0.29, 0.717) is 21.8 Å². The molecule has 0 saturated carbocycles. The van der Waals surface area contributed by atoms with Crippen molar-refractivity contribution in [1.29, 1.82) is 0 Å². The molecule has 2 aromatic carbocycles. The number of thiocarbonyl (C=S) groups is 1. The minimum Gasteiger partial charge on any atom is -0.389 e. The molecule has 0 aliphatic heterocycles. The number of nitrogens with one attached hydrogen (secondary N) is 1. The first-order chi connectivity index (χ1) is 9.06. The molecule has 2 rings (SSSR count). The number of carbonyl (C=O) groups is 1. The minimum absolute atomic E-state index is 0.236. The second kappa shape index (κ2) is 5.82. The quantitative estimate of drug-likeness (QED) is 0.853. The first-order valence-electron chi connectivity index (χ1n) is 5.53. The molecule has 0 saturated heterocycles. The minimum atomic E-state index is -0.236. The Morgan fingerprint density at radius 3 is 2.47 bits per heavy atom. The van der Waals surface area contributed by atoms with Gasteiger partial charge in [0, 0.05) is 21.8 Å². The van der Waals surface area contributed by atoms with Crippen LogP contribution in [-0.2, 0) is 0 Å². The molecule has 3 N–H and O–H groups in total. The van der Waals surface area contributed by atoms with Crippen LogP contribution in [0.1, 0.15) is 15.9 Å². The van der Waals surface area contributed by atoms with E-state index in [4.69, 9.17) is 29.6 Å². The number of hydrogen-bond donors (Lipinski definition) is 2. The second-order valence-corrected chi connectivity index (χ2v) is 4.79. The number of nitrogens with two attached hydrogens (primary N) is 1. The van der Waals surface area contributed by atoms with E-state index in [1.54, 1.807) is 48.5 Å². The van der Waals surface area contributed by atoms with E-state index in [-0.39, 0.29) is 10.9 Å². The Morgan fingerprint density at radius 1 is 1.11 bits per heavy atom. The molecule has 2 aromatic rings. The van der Waals surface area contributed by atoms with Gasteiger partial charge in [-0.25, -0.2) is 0 Å². The van der Waals surface area contributed by atoms with Crippen LogP contribution in [0.4, 0.5) is 5.69 Å². The molecule has 5 heteroatoms. The van der Waals surface area contributed by atoms with Crippen molar-refractivity contribution in [3.05, 3.63) is 64.7 Å². The number of anilines is 1. The number of rotatable bonds is 3. The lowest BCUT2D eigenvalue weighted by molar-refractivity contribution is 0.102. The normalized spacial score (nSPS) is 9.95. The number of hydrogen-bond acceptors (Lipinski definition) is 2. The molecule has 0 aliphatic rings. The van der Waals surface area contributed by atoms with Gasteiger partial charge in [0.15, 0.2) is 0 Å². The summed E-state index contributed by atoms with van der Waals surface area (Å²) in [5.41, 5.74) is 7.33. The predicted molar refractivity (Wildman–Crippen MR) is 81.7 cm³/mol. The van der Waals surface area contributed by atoms with Crippen molar-refractivity contribution < 1.29 is 4.79 Å². The standard InChI is InChI=1S/C14H11ClN2OS/c15-11-5-2-6-12(8-11)17-14(18)10-4-1-3-9(7-10)13(16)19/h1-8H,(H2,16,19)(H,17,18). The van der Waals surface area contributed by atoms with Crippen molar-refractivity contribution in [2.24, 2.45) is 5.73 Å². The van der Waals surface area contributed by atoms with Gasteiger partial charge in [0.1, 0.15) is 4.99 Å². The molecule has 19 heavy (non-hydrogen) atoms. The summed E-state index contributed by atoms with van der Waals surface area (Å²) < 4.78 is 0. The summed E-state index contributed by atoms with van der Waals surface area (Å²) in [6.07, 6.45) is 0. The number of amides is 1. The largest absolute Gasteiger partial charge is 0.389 e. The molecular weight excluding hydrogens is 280 g/mol. The Labute approximate surface area is 121 Å². The summed E-state index contributed by atoms with van der Waals surface area (Å²) in [6, 6.07) is 13.8. The zero-order chi connectivity index (χ0) is 13.8. The molecular formula is C14H11ClN2OS. The molecule has 0 atom stereocenters. The third kappa shape index (κ3) is 3.53. The van der Waals surface area contributed by atoms with Gasteiger partial charge < -0.3 is 11.1 Å². The zero-order valence-corrected chi connectivity index (χ0v) is 11.5. The highest BCUT2D eigenvalue weighted by Crippen LogP contribution is 2.16. The fraction of sp³-hybridized carbons (Fsp3) is 0. The van der Waals surface area contributed by atoms with Gasteiger partial charge in [-0.3, -0.25) is 4.79 Å². The first-order valence-corrected chi connectivity index (χ1v) is 6.31.